The zero-order valence-electron chi connectivity index (χ0n) is 17.0. The van der Waals surface area contributed by atoms with Gasteiger partial charge in [-0.3, -0.25) is 10.1 Å². The van der Waals surface area contributed by atoms with Crippen molar-refractivity contribution in [2.75, 3.05) is 7.11 Å². The molecule has 0 saturated carbocycles. The second-order valence-corrected chi connectivity index (χ2v) is 6.80. The maximum absolute atomic E-state index is 12.2. The molecule has 0 aliphatic rings. The number of nitro benzene ring substituents is 1. The van der Waals surface area contributed by atoms with Crippen LogP contribution < -0.4 is 9.47 Å². The minimum atomic E-state index is -0.545. The summed E-state index contributed by atoms with van der Waals surface area (Å²) in [7, 11) is 1.66. The van der Waals surface area contributed by atoms with Crippen molar-refractivity contribution >= 4 is 28.5 Å². The summed E-state index contributed by atoms with van der Waals surface area (Å²) in [5.41, 5.74) is 2.05. The Morgan fingerprint density at radius 2 is 1.83 bits per heavy atom. The van der Waals surface area contributed by atoms with Crippen molar-refractivity contribution in [1.29, 1.82) is 0 Å². The van der Waals surface area contributed by atoms with Crippen LogP contribution in [0.25, 0.3) is 16.8 Å². The first-order valence-corrected chi connectivity index (χ1v) is 9.76. The average molecular weight is 405 g/mol. The highest BCUT2D eigenvalue weighted by Gasteiger charge is 2.10. The van der Waals surface area contributed by atoms with Gasteiger partial charge in [-0.1, -0.05) is 37.6 Å². The molecular formula is C24H23NO5. The molecule has 154 valence electrons. The van der Waals surface area contributed by atoms with Crippen molar-refractivity contribution in [3.05, 3.63) is 81.9 Å². The maximum atomic E-state index is 12.2. The van der Waals surface area contributed by atoms with E-state index in [4.69, 9.17) is 9.47 Å². The van der Waals surface area contributed by atoms with Gasteiger partial charge in [0, 0.05) is 23.6 Å². The third-order valence-corrected chi connectivity index (χ3v) is 4.83. The molecule has 0 N–H and O–H groups in total. The van der Waals surface area contributed by atoms with Gasteiger partial charge in [-0.15, -0.1) is 0 Å². The Hall–Kier alpha value is -3.67. The van der Waals surface area contributed by atoms with Crippen LogP contribution in [0.2, 0.25) is 0 Å². The number of aryl methyl sites for hydroxylation is 1. The van der Waals surface area contributed by atoms with Gasteiger partial charge in [0.25, 0.3) is 5.69 Å². The Labute approximate surface area is 174 Å². The fourth-order valence-corrected chi connectivity index (χ4v) is 3.32. The van der Waals surface area contributed by atoms with Crippen LogP contribution >= 0.6 is 0 Å². The van der Waals surface area contributed by atoms with Gasteiger partial charge in [0.2, 0.25) is 0 Å². The van der Waals surface area contributed by atoms with Crippen molar-refractivity contribution in [2.24, 2.45) is 0 Å². The summed E-state index contributed by atoms with van der Waals surface area (Å²) >= 11 is 0. The molecule has 30 heavy (non-hydrogen) atoms. The van der Waals surface area contributed by atoms with E-state index < -0.39 is 10.9 Å². The summed E-state index contributed by atoms with van der Waals surface area (Å²) in [5.74, 6) is 0.527. The Morgan fingerprint density at radius 3 is 2.50 bits per heavy atom. The molecule has 0 atom stereocenters. The molecule has 0 spiro atoms. The highest BCUT2D eigenvalue weighted by atomic mass is 16.6. The van der Waals surface area contributed by atoms with Gasteiger partial charge in [0.1, 0.15) is 11.5 Å². The van der Waals surface area contributed by atoms with E-state index in [1.54, 1.807) is 13.2 Å². The zero-order valence-corrected chi connectivity index (χ0v) is 17.0. The third-order valence-electron chi connectivity index (χ3n) is 4.83. The van der Waals surface area contributed by atoms with Gasteiger partial charge in [0.15, 0.2) is 0 Å². The first-order valence-electron chi connectivity index (χ1n) is 9.76. The minimum Gasteiger partial charge on any atom is -0.496 e. The third kappa shape index (κ3) is 4.84. The summed E-state index contributed by atoms with van der Waals surface area (Å²) in [6.45, 7) is 2.14. The first kappa shape index (κ1) is 21.0. The number of non-ortho nitro benzene ring substituents is 1. The Balaban J connectivity index is 1.85. The van der Waals surface area contributed by atoms with Gasteiger partial charge in [-0.2, -0.15) is 0 Å². The number of carbonyl (C=O) groups is 1. The van der Waals surface area contributed by atoms with Crippen LogP contribution in [0.1, 0.15) is 30.9 Å². The normalized spacial score (nSPS) is 11.0. The smallest absolute Gasteiger partial charge is 0.336 e. The second-order valence-electron chi connectivity index (χ2n) is 6.80. The maximum Gasteiger partial charge on any atom is 0.336 e. The van der Waals surface area contributed by atoms with E-state index in [1.165, 1.54) is 30.3 Å². The SMILES string of the molecule is CCCCc1c(C=CC(=O)Oc2ccc([N+](=O)[O-])cc2)ccc2c(OC)cccc12. The van der Waals surface area contributed by atoms with Crippen LogP contribution in [0, 0.1) is 10.1 Å². The first-order chi connectivity index (χ1) is 14.5. The number of hydrogen-bond acceptors (Lipinski definition) is 5. The molecule has 3 aromatic carbocycles. The fraction of sp³-hybridized carbons (Fsp3) is 0.208. The number of hydrogen-bond donors (Lipinski definition) is 0. The molecule has 0 saturated heterocycles. The monoisotopic (exact) mass is 405 g/mol. The van der Waals surface area contributed by atoms with Crippen molar-refractivity contribution in [3.8, 4) is 11.5 Å². The lowest BCUT2D eigenvalue weighted by atomic mass is 9.94. The topological polar surface area (TPSA) is 78.7 Å². The predicted molar refractivity (Wildman–Crippen MR) is 117 cm³/mol. The Bertz CT molecular complexity index is 1090. The van der Waals surface area contributed by atoms with E-state index >= 15 is 0 Å². The van der Waals surface area contributed by atoms with Crippen molar-refractivity contribution in [1.82, 2.24) is 0 Å². The lowest BCUT2D eigenvalue weighted by molar-refractivity contribution is -0.384. The van der Waals surface area contributed by atoms with Gasteiger partial charge < -0.3 is 9.47 Å². The number of rotatable bonds is 8. The molecule has 0 aliphatic carbocycles. The predicted octanol–water partition coefficient (Wildman–Crippen LogP) is 5.72. The molecule has 0 aliphatic heterocycles. The van der Waals surface area contributed by atoms with Crippen molar-refractivity contribution in [3.63, 3.8) is 0 Å². The van der Waals surface area contributed by atoms with Gasteiger partial charge in [0.05, 0.1) is 12.0 Å². The molecule has 6 heteroatoms. The molecule has 0 unspecified atom stereocenters. The number of esters is 1. The van der Waals surface area contributed by atoms with Crippen molar-refractivity contribution in [2.45, 2.75) is 26.2 Å². The zero-order chi connectivity index (χ0) is 21.5. The highest BCUT2D eigenvalue weighted by molar-refractivity contribution is 5.95. The van der Waals surface area contributed by atoms with Crippen LogP contribution in [0.5, 0.6) is 11.5 Å². The molecule has 0 fully saturated rings. The van der Waals surface area contributed by atoms with Crippen LogP contribution in [-0.2, 0) is 11.2 Å². The molecule has 0 amide bonds. The number of methoxy groups -OCH3 is 1. The van der Waals surface area contributed by atoms with Gasteiger partial charge >= 0.3 is 5.97 Å². The minimum absolute atomic E-state index is 0.0579. The second kappa shape index (κ2) is 9.69. The highest BCUT2D eigenvalue weighted by Crippen LogP contribution is 2.31. The number of nitrogens with zero attached hydrogens (tertiary/aromatic N) is 1. The van der Waals surface area contributed by atoms with Crippen LogP contribution in [0.4, 0.5) is 5.69 Å². The van der Waals surface area contributed by atoms with Gasteiger partial charge in [-0.05, 0) is 53.6 Å². The molecule has 6 nitrogen and oxygen atoms in total. The van der Waals surface area contributed by atoms with E-state index in [1.807, 2.05) is 24.3 Å². The number of benzene rings is 3. The molecular weight excluding hydrogens is 382 g/mol. The van der Waals surface area contributed by atoms with E-state index in [9.17, 15) is 14.9 Å². The van der Waals surface area contributed by atoms with E-state index in [2.05, 4.69) is 13.0 Å². The molecule has 3 rings (SSSR count). The van der Waals surface area contributed by atoms with Crippen LogP contribution in [0.3, 0.4) is 0 Å². The summed E-state index contributed by atoms with van der Waals surface area (Å²) in [4.78, 5) is 22.4. The van der Waals surface area contributed by atoms with E-state index in [-0.39, 0.29) is 11.4 Å². The van der Waals surface area contributed by atoms with Crippen LogP contribution in [-0.4, -0.2) is 18.0 Å². The molecule has 3 aromatic rings. The largest absolute Gasteiger partial charge is 0.496 e. The average Bonchev–Trinajstić information content (AvgIpc) is 2.76. The number of ether oxygens (including phenoxy) is 2. The van der Waals surface area contributed by atoms with Gasteiger partial charge in [-0.25, -0.2) is 4.79 Å². The number of carbonyl (C=O) groups excluding carboxylic acids is 1. The Kier molecular flexibility index (Phi) is 6.80. The fourth-order valence-electron chi connectivity index (χ4n) is 3.32. The summed E-state index contributed by atoms with van der Waals surface area (Å²) in [6, 6.07) is 15.3. The molecule has 0 heterocycles. The lowest BCUT2D eigenvalue weighted by Gasteiger charge is -2.13. The van der Waals surface area contributed by atoms with E-state index in [0.717, 1.165) is 46.9 Å². The van der Waals surface area contributed by atoms with E-state index in [0.29, 0.717) is 0 Å². The quantitative estimate of drug-likeness (QED) is 0.157. The summed E-state index contributed by atoms with van der Waals surface area (Å²) in [5, 5.41) is 12.9. The lowest BCUT2D eigenvalue weighted by Crippen LogP contribution is -2.04. The molecule has 0 aromatic heterocycles. The summed E-state index contributed by atoms with van der Waals surface area (Å²) in [6.07, 6.45) is 6.10. The molecule has 0 radical (unpaired) electrons. The van der Waals surface area contributed by atoms with Crippen LogP contribution in [0.15, 0.2) is 60.7 Å². The molecule has 0 bridgehead atoms. The van der Waals surface area contributed by atoms with Crippen molar-refractivity contribution < 1.29 is 19.2 Å². The number of nitro groups is 1. The number of unbranched alkanes of at least 4 members (excludes halogenated alkanes) is 1. The number of fused-ring (bicyclic) bond motifs is 1. The standard InChI is InChI=1S/C24H23NO5/c1-3-4-6-20-17(9-15-22-21(20)7-5-8-23(22)29-2)10-16-24(26)30-19-13-11-18(12-14-19)25(27)28/h5,7-16H,3-4,6H2,1-2H3. The Morgan fingerprint density at radius 1 is 1.07 bits per heavy atom. The summed E-state index contributed by atoms with van der Waals surface area (Å²) < 4.78 is 10.7.